The highest BCUT2D eigenvalue weighted by atomic mass is 35.5. The zero-order valence-corrected chi connectivity index (χ0v) is 12.8. The maximum atomic E-state index is 11.8. The Bertz CT molecular complexity index is 780. The van der Waals surface area contributed by atoms with Gasteiger partial charge in [-0.1, -0.05) is 29.8 Å². The van der Waals surface area contributed by atoms with E-state index in [0.717, 1.165) is 28.8 Å². The minimum Gasteiger partial charge on any atom is -0.462 e. The van der Waals surface area contributed by atoms with E-state index < -0.39 is 0 Å². The lowest BCUT2D eigenvalue weighted by atomic mass is 10.1. The molecule has 0 aliphatic rings. The second kappa shape index (κ2) is 6.67. The van der Waals surface area contributed by atoms with Gasteiger partial charge in [0.2, 0.25) is 0 Å². The first-order valence-electron chi connectivity index (χ1n) is 7.22. The number of aromatic nitrogens is 1. The van der Waals surface area contributed by atoms with Crippen LogP contribution in [0.2, 0.25) is 5.02 Å². The predicted octanol–water partition coefficient (Wildman–Crippen LogP) is 4.61. The van der Waals surface area contributed by atoms with Gasteiger partial charge in [-0.3, -0.25) is 0 Å². The van der Waals surface area contributed by atoms with Crippen molar-refractivity contribution in [1.29, 1.82) is 0 Å². The number of nitrogens with one attached hydrogen (secondary N) is 1. The van der Waals surface area contributed by atoms with Crippen molar-refractivity contribution in [3.05, 3.63) is 70.9 Å². The van der Waals surface area contributed by atoms with Crippen molar-refractivity contribution in [1.82, 2.24) is 4.98 Å². The van der Waals surface area contributed by atoms with E-state index in [0.29, 0.717) is 12.2 Å². The Morgan fingerprint density at radius 1 is 1.14 bits per heavy atom. The monoisotopic (exact) mass is 313 g/mol. The summed E-state index contributed by atoms with van der Waals surface area (Å²) in [5.74, 6) is -0.275. The molecule has 1 aromatic heterocycles. The zero-order chi connectivity index (χ0) is 15.4. The van der Waals surface area contributed by atoms with Crippen LogP contribution in [0.4, 0.5) is 0 Å². The number of hydrogen-bond acceptors (Lipinski definition) is 2. The molecule has 0 bridgehead atoms. The fourth-order valence-corrected chi connectivity index (χ4v) is 2.61. The largest absolute Gasteiger partial charge is 0.462 e. The number of H-pyrrole nitrogens is 1. The van der Waals surface area contributed by atoms with Gasteiger partial charge in [-0.2, -0.15) is 0 Å². The summed E-state index contributed by atoms with van der Waals surface area (Å²) in [5.41, 5.74) is 2.84. The highest BCUT2D eigenvalue weighted by Crippen LogP contribution is 2.23. The molecule has 4 heteroatoms. The molecule has 112 valence electrons. The molecule has 3 rings (SSSR count). The standard InChI is InChI=1S/C18H16ClNO2/c19-15-8-9-17-16(11-15)14(12-20-17)7-4-10-22-18(21)13-5-2-1-3-6-13/h1-3,5-6,8-9,11-12,20H,4,7,10H2. The Morgan fingerprint density at radius 2 is 1.95 bits per heavy atom. The Labute approximate surface area is 133 Å². The van der Waals surface area contributed by atoms with E-state index in [1.54, 1.807) is 12.1 Å². The minimum absolute atomic E-state index is 0.275. The molecule has 0 aliphatic heterocycles. The molecule has 1 N–H and O–H groups in total. The molecule has 22 heavy (non-hydrogen) atoms. The highest BCUT2D eigenvalue weighted by molar-refractivity contribution is 6.31. The van der Waals surface area contributed by atoms with Gasteiger partial charge >= 0.3 is 5.97 Å². The molecule has 3 nitrogen and oxygen atoms in total. The molecule has 2 aromatic carbocycles. The Hall–Kier alpha value is -2.26. The molecule has 0 unspecified atom stereocenters. The normalized spacial score (nSPS) is 10.8. The average molecular weight is 314 g/mol. The molecule has 0 fully saturated rings. The fraction of sp³-hybridized carbons (Fsp3) is 0.167. The number of esters is 1. The summed E-state index contributed by atoms with van der Waals surface area (Å²) in [4.78, 5) is 15.0. The van der Waals surface area contributed by atoms with E-state index in [4.69, 9.17) is 16.3 Å². The summed E-state index contributed by atoms with van der Waals surface area (Å²) in [6, 6.07) is 14.8. The number of fused-ring (bicyclic) bond motifs is 1. The number of rotatable bonds is 5. The summed E-state index contributed by atoms with van der Waals surface area (Å²) in [6.45, 7) is 0.404. The number of benzene rings is 2. The summed E-state index contributed by atoms with van der Waals surface area (Å²) >= 11 is 6.04. The number of halogens is 1. The van der Waals surface area contributed by atoms with Crippen LogP contribution in [0.5, 0.6) is 0 Å². The summed E-state index contributed by atoms with van der Waals surface area (Å²) in [5, 5.41) is 1.85. The maximum Gasteiger partial charge on any atom is 0.338 e. The van der Waals surface area contributed by atoms with Crippen molar-refractivity contribution in [2.24, 2.45) is 0 Å². The van der Waals surface area contributed by atoms with Crippen molar-refractivity contribution in [2.45, 2.75) is 12.8 Å². The van der Waals surface area contributed by atoms with Gasteiger partial charge in [0.25, 0.3) is 0 Å². The van der Waals surface area contributed by atoms with Crippen LogP contribution in [0.15, 0.2) is 54.7 Å². The van der Waals surface area contributed by atoms with Crippen LogP contribution in [0.1, 0.15) is 22.3 Å². The van der Waals surface area contributed by atoms with Gasteiger partial charge in [0.1, 0.15) is 0 Å². The average Bonchev–Trinajstić information content (AvgIpc) is 2.94. The smallest absolute Gasteiger partial charge is 0.338 e. The van der Waals surface area contributed by atoms with E-state index in [1.165, 1.54) is 5.56 Å². The molecule has 0 radical (unpaired) electrons. The van der Waals surface area contributed by atoms with Gasteiger partial charge in [-0.05, 0) is 48.7 Å². The van der Waals surface area contributed by atoms with E-state index in [-0.39, 0.29) is 5.97 Å². The van der Waals surface area contributed by atoms with Crippen LogP contribution in [-0.4, -0.2) is 17.6 Å². The summed E-state index contributed by atoms with van der Waals surface area (Å²) in [6.07, 6.45) is 3.60. The van der Waals surface area contributed by atoms with Gasteiger partial charge in [0, 0.05) is 22.1 Å². The van der Waals surface area contributed by atoms with Gasteiger partial charge in [0.05, 0.1) is 12.2 Å². The number of aryl methyl sites for hydroxylation is 1. The molecule has 0 aliphatic carbocycles. The first kappa shape index (κ1) is 14.7. The molecule has 0 atom stereocenters. The first-order valence-corrected chi connectivity index (χ1v) is 7.59. The van der Waals surface area contributed by atoms with Gasteiger partial charge in [-0.25, -0.2) is 4.79 Å². The number of aromatic amines is 1. The van der Waals surface area contributed by atoms with Crippen molar-refractivity contribution >= 4 is 28.5 Å². The van der Waals surface area contributed by atoms with E-state index in [9.17, 15) is 4.79 Å². The number of carbonyl (C=O) groups is 1. The van der Waals surface area contributed by atoms with E-state index >= 15 is 0 Å². The topological polar surface area (TPSA) is 42.1 Å². The second-order valence-electron chi connectivity index (χ2n) is 5.11. The highest BCUT2D eigenvalue weighted by Gasteiger charge is 2.07. The van der Waals surface area contributed by atoms with Crippen LogP contribution in [0, 0.1) is 0 Å². The van der Waals surface area contributed by atoms with Crippen LogP contribution in [-0.2, 0) is 11.2 Å². The molecular weight excluding hydrogens is 298 g/mol. The minimum atomic E-state index is -0.275. The fourth-order valence-electron chi connectivity index (χ4n) is 2.44. The second-order valence-corrected chi connectivity index (χ2v) is 5.55. The van der Waals surface area contributed by atoms with Gasteiger partial charge < -0.3 is 9.72 Å². The Morgan fingerprint density at radius 3 is 2.77 bits per heavy atom. The molecule has 0 saturated carbocycles. The summed E-state index contributed by atoms with van der Waals surface area (Å²) in [7, 11) is 0. The number of ether oxygens (including phenoxy) is 1. The lowest BCUT2D eigenvalue weighted by Crippen LogP contribution is -2.06. The predicted molar refractivity (Wildman–Crippen MR) is 88.4 cm³/mol. The molecule has 0 amide bonds. The SMILES string of the molecule is O=C(OCCCc1c[nH]c2ccc(Cl)cc12)c1ccccc1. The summed E-state index contributed by atoms with van der Waals surface area (Å²) < 4.78 is 5.29. The van der Waals surface area contributed by atoms with Gasteiger partial charge in [0.15, 0.2) is 0 Å². The molecule has 1 heterocycles. The number of hydrogen-bond donors (Lipinski definition) is 1. The number of carbonyl (C=O) groups excluding carboxylic acids is 1. The third kappa shape index (κ3) is 3.31. The van der Waals surface area contributed by atoms with Crippen LogP contribution in [0.3, 0.4) is 0 Å². The van der Waals surface area contributed by atoms with E-state index in [2.05, 4.69) is 4.98 Å². The van der Waals surface area contributed by atoms with Crippen LogP contribution >= 0.6 is 11.6 Å². The molecule has 3 aromatic rings. The molecular formula is C18H16ClNO2. The van der Waals surface area contributed by atoms with Crippen molar-refractivity contribution in [3.63, 3.8) is 0 Å². The maximum absolute atomic E-state index is 11.8. The van der Waals surface area contributed by atoms with E-state index in [1.807, 2.05) is 42.6 Å². The van der Waals surface area contributed by atoms with Crippen molar-refractivity contribution < 1.29 is 9.53 Å². The van der Waals surface area contributed by atoms with Gasteiger partial charge in [-0.15, -0.1) is 0 Å². The lowest BCUT2D eigenvalue weighted by Gasteiger charge is -2.04. The molecule has 0 spiro atoms. The third-order valence-electron chi connectivity index (χ3n) is 3.56. The Kier molecular flexibility index (Phi) is 4.45. The Balaban J connectivity index is 1.54. The van der Waals surface area contributed by atoms with Crippen LogP contribution < -0.4 is 0 Å². The third-order valence-corrected chi connectivity index (χ3v) is 3.80. The van der Waals surface area contributed by atoms with Crippen LogP contribution in [0.25, 0.3) is 10.9 Å². The first-order chi connectivity index (χ1) is 10.7. The van der Waals surface area contributed by atoms with Crippen molar-refractivity contribution in [2.75, 3.05) is 6.61 Å². The quantitative estimate of drug-likeness (QED) is 0.552. The lowest BCUT2D eigenvalue weighted by molar-refractivity contribution is 0.0500. The molecule has 0 saturated heterocycles. The zero-order valence-electron chi connectivity index (χ0n) is 12.0. The van der Waals surface area contributed by atoms with Crippen molar-refractivity contribution in [3.8, 4) is 0 Å².